The van der Waals surface area contributed by atoms with Gasteiger partial charge in [0.15, 0.2) is 0 Å². The first-order valence-electron chi connectivity index (χ1n) is 5.82. The van der Waals surface area contributed by atoms with Crippen LogP contribution in [0.5, 0.6) is 0 Å². The average molecular weight is 190 g/mol. The maximum atomic E-state index is 10.6. The van der Waals surface area contributed by atoms with Gasteiger partial charge >= 0.3 is 0 Å². The highest BCUT2D eigenvalue weighted by molar-refractivity contribution is 5.17. The summed E-state index contributed by atoms with van der Waals surface area (Å²) in [5.74, 6) is 1.86. The van der Waals surface area contributed by atoms with Crippen LogP contribution in [-0.4, -0.2) is 10.7 Å². The summed E-state index contributed by atoms with van der Waals surface area (Å²) in [6.45, 7) is 0. The molecule has 0 radical (unpaired) electrons. The van der Waals surface area contributed by atoms with Crippen molar-refractivity contribution in [3.05, 3.63) is 24.3 Å². The maximum absolute atomic E-state index is 10.6. The number of allylic oxidation sites excluding steroid dienone is 3. The third-order valence-electron chi connectivity index (χ3n) is 4.23. The van der Waals surface area contributed by atoms with Crippen molar-refractivity contribution in [2.45, 2.75) is 37.7 Å². The summed E-state index contributed by atoms with van der Waals surface area (Å²) in [6, 6.07) is 0. The molecule has 1 N–H and O–H groups in total. The zero-order valence-corrected chi connectivity index (χ0v) is 8.52. The van der Waals surface area contributed by atoms with Gasteiger partial charge in [0.05, 0.1) is 5.60 Å². The predicted octanol–water partition coefficient (Wildman–Crippen LogP) is 2.67. The van der Waals surface area contributed by atoms with Crippen LogP contribution in [0.2, 0.25) is 0 Å². The highest BCUT2D eigenvalue weighted by atomic mass is 16.3. The molecule has 1 heteroatoms. The predicted molar refractivity (Wildman–Crippen MR) is 56.8 cm³/mol. The van der Waals surface area contributed by atoms with Gasteiger partial charge < -0.3 is 5.11 Å². The van der Waals surface area contributed by atoms with Gasteiger partial charge in [0.2, 0.25) is 0 Å². The minimum Gasteiger partial charge on any atom is -0.389 e. The van der Waals surface area contributed by atoms with E-state index in [9.17, 15) is 5.11 Å². The molecule has 2 bridgehead atoms. The van der Waals surface area contributed by atoms with Crippen molar-refractivity contribution in [3.8, 4) is 0 Å². The van der Waals surface area contributed by atoms with Gasteiger partial charge in [-0.1, -0.05) is 24.3 Å². The molecule has 0 heterocycles. The van der Waals surface area contributed by atoms with Crippen LogP contribution >= 0.6 is 0 Å². The second-order valence-corrected chi connectivity index (χ2v) is 5.31. The fourth-order valence-electron chi connectivity index (χ4n) is 3.50. The minimum atomic E-state index is -0.351. The molecule has 3 aliphatic carbocycles. The summed E-state index contributed by atoms with van der Waals surface area (Å²) in [6.07, 6.45) is 14.7. The Morgan fingerprint density at radius 3 is 2.57 bits per heavy atom. The molecular weight excluding hydrogens is 172 g/mol. The summed E-state index contributed by atoms with van der Waals surface area (Å²) in [4.78, 5) is 0. The normalized spacial score (nSPS) is 45.5. The molecule has 0 aromatic carbocycles. The van der Waals surface area contributed by atoms with Crippen molar-refractivity contribution in [1.82, 2.24) is 0 Å². The van der Waals surface area contributed by atoms with Crippen molar-refractivity contribution in [1.29, 1.82) is 0 Å². The molecule has 3 aliphatic rings. The molecular formula is C13H18O. The highest BCUT2D eigenvalue weighted by Gasteiger charge is 2.47. The second kappa shape index (κ2) is 2.96. The Bertz CT molecular complexity index is 284. The molecule has 76 valence electrons. The molecule has 0 aromatic heterocycles. The van der Waals surface area contributed by atoms with E-state index in [0.717, 1.165) is 12.8 Å². The molecule has 0 amide bonds. The Hall–Kier alpha value is -0.560. The Balaban J connectivity index is 1.69. The van der Waals surface area contributed by atoms with Gasteiger partial charge in [0, 0.05) is 5.92 Å². The minimum absolute atomic E-state index is 0.351. The van der Waals surface area contributed by atoms with Crippen molar-refractivity contribution in [2.75, 3.05) is 0 Å². The third kappa shape index (κ3) is 1.26. The second-order valence-electron chi connectivity index (χ2n) is 5.31. The van der Waals surface area contributed by atoms with Gasteiger partial charge in [-0.05, 0) is 43.9 Å². The Kier molecular flexibility index (Phi) is 1.85. The first-order valence-corrected chi connectivity index (χ1v) is 5.82. The zero-order chi connectivity index (χ0) is 9.60. The monoisotopic (exact) mass is 190 g/mol. The first-order chi connectivity index (χ1) is 6.76. The third-order valence-corrected chi connectivity index (χ3v) is 4.23. The highest BCUT2D eigenvalue weighted by Crippen LogP contribution is 2.49. The van der Waals surface area contributed by atoms with E-state index in [1.807, 2.05) is 0 Å². The van der Waals surface area contributed by atoms with E-state index in [-0.39, 0.29) is 5.60 Å². The fourth-order valence-corrected chi connectivity index (χ4v) is 3.50. The van der Waals surface area contributed by atoms with E-state index < -0.39 is 0 Å². The van der Waals surface area contributed by atoms with E-state index in [1.54, 1.807) is 0 Å². The van der Waals surface area contributed by atoms with E-state index >= 15 is 0 Å². The smallest absolute Gasteiger partial charge is 0.0718 e. The van der Waals surface area contributed by atoms with Gasteiger partial charge in [-0.3, -0.25) is 0 Å². The quantitative estimate of drug-likeness (QED) is 0.664. The van der Waals surface area contributed by atoms with Gasteiger partial charge in [0.25, 0.3) is 0 Å². The average Bonchev–Trinajstić information content (AvgIpc) is 2.78. The molecule has 1 fully saturated rings. The largest absolute Gasteiger partial charge is 0.389 e. The van der Waals surface area contributed by atoms with Gasteiger partial charge in [0.1, 0.15) is 0 Å². The summed E-state index contributed by atoms with van der Waals surface area (Å²) < 4.78 is 0. The van der Waals surface area contributed by atoms with E-state index in [4.69, 9.17) is 0 Å². The molecule has 1 saturated carbocycles. The summed E-state index contributed by atoms with van der Waals surface area (Å²) in [5.41, 5.74) is -0.351. The number of fused-ring (bicyclic) bond motifs is 2. The fraction of sp³-hybridized carbons (Fsp3) is 0.692. The zero-order valence-electron chi connectivity index (χ0n) is 8.52. The maximum Gasteiger partial charge on any atom is 0.0718 e. The lowest BCUT2D eigenvalue weighted by Gasteiger charge is -2.32. The van der Waals surface area contributed by atoms with Crippen LogP contribution in [0, 0.1) is 17.8 Å². The summed E-state index contributed by atoms with van der Waals surface area (Å²) in [5, 5.41) is 10.6. The number of hydrogen-bond acceptors (Lipinski definition) is 1. The van der Waals surface area contributed by atoms with Crippen molar-refractivity contribution in [2.24, 2.45) is 17.8 Å². The van der Waals surface area contributed by atoms with Crippen LogP contribution in [0.1, 0.15) is 32.1 Å². The molecule has 14 heavy (non-hydrogen) atoms. The molecule has 3 rings (SSSR count). The van der Waals surface area contributed by atoms with Crippen LogP contribution in [-0.2, 0) is 0 Å². The first kappa shape index (κ1) is 8.72. The van der Waals surface area contributed by atoms with Crippen molar-refractivity contribution < 1.29 is 5.11 Å². The van der Waals surface area contributed by atoms with Crippen molar-refractivity contribution in [3.63, 3.8) is 0 Å². The van der Waals surface area contributed by atoms with Gasteiger partial charge in [-0.25, -0.2) is 0 Å². The van der Waals surface area contributed by atoms with E-state index in [0.29, 0.717) is 17.8 Å². The van der Waals surface area contributed by atoms with Gasteiger partial charge in [-0.2, -0.15) is 0 Å². The molecule has 0 spiro atoms. The molecule has 0 aromatic rings. The Morgan fingerprint density at radius 1 is 1.21 bits per heavy atom. The van der Waals surface area contributed by atoms with Crippen LogP contribution in [0.15, 0.2) is 24.3 Å². The molecule has 0 saturated heterocycles. The lowest BCUT2D eigenvalue weighted by molar-refractivity contribution is -0.00698. The topological polar surface area (TPSA) is 20.2 Å². The van der Waals surface area contributed by atoms with E-state index in [1.165, 1.54) is 19.3 Å². The molecule has 1 nitrogen and oxygen atoms in total. The molecule has 1 unspecified atom stereocenters. The van der Waals surface area contributed by atoms with Gasteiger partial charge in [-0.15, -0.1) is 0 Å². The number of rotatable bonds is 2. The summed E-state index contributed by atoms with van der Waals surface area (Å²) >= 11 is 0. The Morgan fingerprint density at radius 2 is 2.00 bits per heavy atom. The SMILES string of the molecule is OC1(CC2CC=CC2)C[C@H]2C=C[C@@H]1C2. The molecule has 3 atom stereocenters. The van der Waals surface area contributed by atoms with Crippen LogP contribution in [0.3, 0.4) is 0 Å². The van der Waals surface area contributed by atoms with Crippen LogP contribution in [0.25, 0.3) is 0 Å². The number of hydrogen-bond donors (Lipinski definition) is 1. The Labute approximate surface area is 85.5 Å². The lowest BCUT2D eigenvalue weighted by atomic mass is 9.80. The standard InChI is InChI=1S/C13H18O/c14-13(8-10-3-1-2-4-10)9-11-5-6-12(13)7-11/h1-2,5-6,10-12,14H,3-4,7-9H2/t11-,12+,13?/m0/s1. The summed E-state index contributed by atoms with van der Waals surface area (Å²) in [7, 11) is 0. The van der Waals surface area contributed by atoms with Crippen molar-refractivity contribution >= 4 is 0 Å². The molecule has 0 aliphatic heterocycles. The van der Waals surface area contributed by atoms with Crippen LogP contribution < -0.4 is 0 Å². The van der Waals surface area contributed by atoms with Crippen LogP contribution in [0.4, 0.5) is 0 Å². The lowest BCUT2D eigenvalue weighted by Crippen LogP contribution is -2.35. The van der Waals surface area contributed by atoms with E-state index in [2.05, 4.69) is 24.3 Å². The number of aliphatic hydroxyl groups is 1.